The highest BCUT2D eigenvalue weighted by atomic mass is 16.5. The van der Waals surface area contributed by atoms with E-state index in [1.165, 1.54) is 0 Å². The molecule has 2 aromatic rings. The number of anilines is 2. The molecular weight excluding hydrogens is 268 g/mol. The summed E-state index contributed by atoms with van der Waals surface area (Å²) in [6.45, 7) is 6.45. The first kappa shape index (κ1) is 15.3. The highest BCUT2D eigenvalue weighted by Crippen LogP contribution is 2.19. The predicted molar refractivity (Wildman–Crippen MR) is 81.8 cm³/mol. The number of aromatic nitrogens is 2. The van der Waals surface area contributed by atoms with Gasteiger partial charge in [-0.2, -0.15) is 0 Å². The molecule has 2 rings (SSSR count). The van der Waals surface area contributed by atoms with Gasteiger partial charge in [0, 0.05) is 5.69 Å². The molecule has 0 saturated heterocycles. The zero-order valence-corrected chi connectivity index (χ0v) is 12.6. The summed E-state index contributed by atoms with van der Waals surface area (Å²) in [6.07, 6.45) is 2.07. The van der Waals surface area contributed by atoms with E-state index in [0.717, 1.165) is 37.4 Å². The molecule has 0 bridgehead atoms. The summed E-state index contributed by atoms with van der Waals surface area (Å²) in [5.74, 6) is 1.44. The number of ether oxygens (including phenoxy) is 1. The van der Waals surface area contributed by atoms with Gasteiger partial charge in [-0.3, -0.25) is 0 Å². The van der Waals surface area contributed by atoms with E-state index in [4.69, 9.17) is 9.15 Å². The molecule has 0 spiro atoms. The lowest BCUT2D eigenvalue weighted by atomic mass is 10.3. The third-order valence-electron chi connectivity index (χ3n) is 2.75. The number of nitrogens with zero attached hydrogens (tertiary/aromatic N) is 2. The minimum atomic E-state index is 0.394. The lowest BCUT2D eigenvalue weighted by molar-refractivity contribution is 0.317. The average molecular weight is 290 g/mol. The van der Waals surface area contributed by atoms with E-state index in [1.807, 2.05) is 24.3 Å². The van der Waals surface area contributed by atoms with E-state index < -0.39 is 0 Å². The van der Waals surface area contributed by atoms with Crippen LogP contribution >= 0.6 is 0 Å². The molecule has 0 saturated carbocycles. The monoisotopic (exact) mass is 290 g/mol. The van der Waals surface area contributed by atoms with Crippen molar-refractivity contribution in [3.05, 3.63) is 30.2 Å². The zero-order chi connectivity index (χ0) is 14.9. The molecule has 0 amide bonds. The number of rotatable bonds is 9. The molecule has 0 aliphatic heterocycles. The number of benzene rings is 1. The van der Waals surface area contributed by atoms with Crippen molar-refractivity contribution in [1.29, 1.82) is 0 Å². The van der Waals surface area contributed by atoms with Crippen LogP contribution in [0.1, 0.15) is 32.6 Å². The number of nitrogens with one attached hydrogen (secondary N) is 2. The van der Waals surface area contributed by atoms with E-state index in [9.17, 15) is 0 Å². The minimum absolute atomic E-state index is 0.394. The quantitative estimate of drug-likeness (QED) is 0.691. The second-order valence-electron chi connectivity index (χ2n) is 4.68. The van der Waals surface area contributed by atoms with Gasteiger partial charge < -0.3 is 19.8 Å². The molecule has 6 heteroatoms. The lowest BCUT2D eigenvalue weighted by Crippen LogP contribution is -2.13. The lowest BCUT2D eigenvalue weighted by Gasteiger charge is -2.05. The molecule has 1 aromatic carbocycles. The first-order valence-corrected chi connectivity index (χ1v) is 7.34. The number of hydrogen-bond donors (Lipinski definition) is 2. The molecule has 0 aliphatic rings. The van der Waals surface area contributed by atoms with Gasteiger partial charge >= 0.3 is 6.01 Å². The molecule has 6 nitrogen and oxygen atoms in total. The highest BCUT2D eigenvalue weighted by molar-refractivity contribution is 5.53. The third-order valence-corrected chi connectivity index (χ3v) is 2.75. The summed E-state index contributed by atoms with van der Waals surface area (Å²) >= 11 is 0. The molecule has 2 N–H and O–H groups in total. The van der Waals surface area contributed by atoms with Gasteiger partial charge in [-0.25, -0.2) is 0 Å². The van der Waals surface area contributed by atoms with Crippen LogP contribution in [0.15, 0.2) is 28.7 Å². The van der Waals surface area contributed by atoms with Crippen molar-refractivity contribution in [2.24, 2.45) is 0 Å². The van der Waals surface area contributed by atoms with Crippen molar-refractivity contribution in [2.45, 2.75) is 33.2 Å². The van der Waals surface area contributed by atoms with Crippen molar-refractivity contribution in [3.8, 4) is 5.75 Å². The Morgan fingerprint density at radius 1 is 1.10 bits per heavy atom. The van der Waals surface area contributed by atoms with Crippen molar-refractivity contribution in [1.82, 2.24) is 15.5 Å². The Bertz CT molecular complexity index is 525. The molecule has 0 unspecified atom stereocenters. The fraction of sp³-hybridized carbons (Fsp3) is 0.467. The molecule has 0 radical (unpaired) electrons. The third kappa shape index (κ3) is 5.07. The first-order valence-electron chi connectivity index (χ1n) is 7.34. The van der Waals surface area contributed by atoms with Gasteiger partial charge in [0.05, 0.1) is 13.2 Å². The molecular formula is C15H22N4O2. The highest BCUT2D eigenvalue weighted by Gasteiger charge is 2.05. The molecule has 0 aliphatic carbocycles. The van der Waals surface area contributed by atoms with Crippen molar-refractivity contribution in [2.75, 3.05) is 18.5 Å². The Morgan fingerprint density at radius 2 is 1.90 bits per heavy atom. The second kappa shape index (κ2) is 8.26. The zero-order valence-electron chi connectivity index (χ0n) is 12.6. The summed E-state index contributed by atoms with van der Waals surface area (Å²) in [4.78, 5) is 0. The van der Waals surface area contributed by atoms with E-state index in [-0.39, 0.29) is 0 Å². The van der Waals surface area contributed by atoms with E-state index in [2.05, 4.69) is 34.7 Å². The summed E-state index contributed by atoms with van der Waals surface area (Å²) in [5.41, 5.74) is 0.885. The average Bonchev–Trinajstić information content (AvgIpc) is 2.94. The Morgan fingerprint density at radius 3 is 2.62 bits per heavy atom. The normalized spacial score (nSPS) is 10.6. The van der Waals surface area contributed by atoms with Gasteiger partial charge in [-0.1, -0.05) is 18.9 Å². The van der Waals surface area contributed by atoms with Gasteiger partial charge in [-0.15, -0.1) is 5.10 Å². The number of hydrogen-bond acceptors (Lipinski definition) is 6. The SMILES string of the molecule is CCCNCc1nnc(Nc2ccc(OCCC)cc2)o1. The van der Waals surface area contributed by atoms with Gasteiger partial charge in [-0.05, 0) is 43.7 Å². The predicted octanol–water partition coefficient (Wildman–Crippen LogP) is 3.10. The summed E-state index contributed by atoms with van der Waals surface area (Å²) < 4.78 is 11.0. The Kier molecular flexibility index (Phi) is 6.02. The fourth-order valence-corrected chi connectivity index (χ4v) is 1.73. The molecule has 21 heavy (non-hydrogen) atoms. The maximum atomic E-state index is 5.53. The summed E-state index contributed by atoms with van der Waals surface area (Å²) in [5, 5.41) is 14.2. The molecule has 0 fully saturated rings. The summed E-state index contributed by atoms with van der Waals surface area (Å²) in [7, 11) is 0. The summed E-state index contributed by atoms with van der Waals surface area (Å²) in [6, 6.07) is 8.07. The topological polar surface area (TPSA) is 72.2 Å². The van der Waals surface area contributed by atoms with Crippen LogP contribution in [-0.4, -0.2) is 23.3 Å². The van der Waals surface area contributed by atoms with Crippen LogP contribution in [0, 0.1) is 0 Å². The first-order chi connectivity index (χ1) is 10.3. The van der Waals surface area contributed by atoms with Gasteiger partial charge in [0.15, 0.2) is 0 Å². The van der Waals surface area contributed by atoms with E-state index >= 15 is 0 Å². The Labute approximate surface area is 124 Å². The van der Waals surface area contributed by atoms with Crippen LogP contribution in [0.5, 0.6) is 5.75 Å². The van der Waals surface area contributed by atoms with Gasteiger partial charge in [0.1, 0.15) is 5.75 Å². The van der Waals surface area contributed by atoms with Gasteiger partial charge in [0.25, 0.3) is 0 Å². The van der Waals surface area contributed by atoms with E-state index in [0.29, 0.717) is 18.5 Å². The van der Waals surface area contributed by atoms with Crippen LogP contribution in [0.25, 0.3) is 0 Å². The fourth-order valence-electron chi connectivity index (χ4n) is 1.73. The standard InChI is InChI=1S/C15H22N4O2/c1-3-9-16-11-14-18-19-15(21-14)17-12-5-7-13(8-6-12)20-10-4-2/h5-8,16H,3-4,9-11H2,1-2H3,(H,17,19). The molecule has 0 atom stereocenters. The van der Waals surface area contributed by atoms with Crippen molar-refractivity contribution >= 4 is 11.7 Å². The Balaban J connectivity index is 1.86. The van der Waals surface area contributed by atoms with Crippen LogP contribution in [0.2, 0.25) is 0 Å². The van der Waals surface area contributed by atoms with Gasteiger partial charge in [0.2, 0.25) is 5.89 Å². The second-order valence-corrected chi connectivity index (χ2v) is 4.68. The Hall–Kier alpha value is -2.08. The minimum Gasteiger partial charge on any atom is -0.494 e. The van der Waals surface area contributed by atoms with Crippen LogP contribution in [0.3, 0.4) is 0 Å². The molecule has 114 valence electrons. The van der Waals surface area contributed by atoms with Crippen LogP contribution in [0.4, 0.5) is 11.7 Å². The maximum absolute atomic E-state index is 5.53. The molecule has 1 aromatic heterocycles. The van der Waals surface area contributed by atoms with Crippen molar-refractivity contribution < 1.29 is 9.15 Å². The maximum Gasteiger partial charge on any atom is 0.320 e. The van der Waals surface area contributed by atoms with E-state index in [1.54, 1.807) is 0 Å². The largest absolute Gasteiger partial charge is 0.494 e. The van der Waals surface area contributed by atoms with Crippen LogP contribution in [-0.2, 0) is 6.54 Å². The molecule has 1 heterocycles. The van der Waals surface area contributed by atoms with Crippen LogP contribution < -0.4 is 15.4 Å². The smallest absolute Gasteiger partial charge is 0.320 e. The van der Waals surface area contributed by atoms with Crippen molar-refractivity contribution in [3.63, 3.8) is 0 Å².